The highest BCUT2D eigenvalue weighted by molar-refractivity contribution is 5.75. The minimum Gasteiger partial charge on any atom is -0.465 e. The summed E-state index contributed by atoms with van der Waals surface area (Å²) in [5.41, 5.74) is 0. The van der Waals surface area contributed by atoms with E-state index in [1.54, 1.807) is 6.20 Å². The average Bonchev–Trinajstić information content (AvgIpc) is 2.30. The highest BCUT2D eigenvalue weighted by atomic mass is 16.5. The molecule has 1 aromatic rings. The SMILES string of the molecule is CCCN(CC(=O)OCC)c1ccccn1. The fourth-order valence-electron chi connectivity index (χ4n) is 1.45. The predicted octanol–water partition coefficient (Wildman–Crippen LogP) is 1.86. The molecule has 0 saturated heterocycles. The van der Waals surface area contributed by atoms with Crippen molar-refractivity contribution in [3.05, 3.63) is 24.4 Å². The monoisotopic (exact) mass is 222 g/mol. The molecule has 4 nitrogen and oxygen atoms in total. The van der Waals surface area contributed by atoms with E-state index in [2.05, 4.69) is 11.9 Å². The Morgan fingerprint density at radius 3 is 2.81 bits per heavy atom. The molecule has 16 heavy (non-hydrogen) atoms. The molecule has 0 spiro atoms. The van der Waals surface area contributed by atoms with Gasteiger partial charge in [-0.15, -0.1) is 0 Å². The maximum absolute atomic E-state index is 11.4. The maximum Gasteiger partial charge on any atom is 0.325 e. The van der Waals surface area contributed by atoms with E-state index in [4.69, 9.17) is 4.74 Å². The summed E-state index contributed by atoms with van der Waals surface area (Å²) < 4.78 is 4.93. The highest BCUT2D eigenvalue weighted by Crippen LogP contribution is 2.09. The van der Waals surface area contributed by atoms with Crippen LogP contribution in [0.2, 0.25) is 0 Å². The van der Waals surface area contributed by atoms with Gasteiger partial charge in [0, 0.05) is 12.7 Å². The number of carbonyl (C=O) groups is 1. The zero-order chi connectivity index (χ0) is 11.8. The molecule has 0 aliphatic heterocycles. The summed E-state index contributed by atoms with van der Waals surface area (Å²) in [6.07, 6.45) is 2.69. The fourth-order valence-corrected chi connectivity index (χ4v) is 1.45. The summed E-state index contributed by atoms with van der Waals surface area (Å²) in [6.45, 7) is 5.36. The van der Waals surface area contributed by atoms with Crippen molar-refractivity contribution in [2.24, 2.45) is 0 Å². The molecule has 0 saturated carbocycles. The second kappa shape index (κ2) is 6.82. The van der Waals surface area contributed by atoms with Crippen LogP contribution in [0.3, 0.4) is 0 Å². The Hall–Kier alpha value is -1.58. The number of rotatable bonds is 6. The van der Waals surface area contributed by atoms with Crippen molar-refractivity contribution < 1.29 is 9.53 Å². The van der Waals surface area contributed by atoms with Crippen LogP contribution in [0.1, 0.15) is 20.3 Å². The second-order valence-corrected chi connectivity index (χ2v) is 3.41. The topological polar surface area (TPSA) is 42.4 Å². The van der Waals surface area contributed by atoms with Crippen molar-refractivity contribution >= 4 is 11.8 Å². The molecule has 0 bridgehead atoms. The third-order valence-corrected chi connectivity index (χ3v) is 2.09. The molecule has 0 amide bonds. The van der Waals surface area contributed by atoms with Crippen molar-refractivity contribution in [2.45, 2.75) is 20.3 Å². The predicted molar refractivity (Wildman–Crippen MR) is 63.4 cm³/mol. The van der Waals surface area contributed by atoms with E-state index in [1.165, 1.54) is 0 Å². The van der Waals surface area contributed by atoms with Gasteiger partial charge in [-0.05, 0) is 25.5 Å². The molecule has 0 aliphatic rings. The first kappa shape index (κ1) is 12.5. The summed E-state index contributed by atoms with van der Waals surface area (Å²) in [5, 5.41) is 0. The molecule has 0 atom stereocenters. The van der Waals surface area contributed by atoms with Crippen LogP contribution in [0.5, 0.6) is 0 Å². The van der Waals surface area contributed by atoms with Crippen molar-refractivity contribution in [1.29, 1.82) is 0 Å². The number of aromatic nitrogens is 1. The van der Waals surface area contributed by atoms with Crippen molar-refractivity contribution in [1.82, 2.24) is 4.98 Å². The van der Waals surface area contributed by atoms with Crippen LogP contribution >= 0.6 is 0 Å². The minimum atomic E-state index is -0.207. The van der Waals surface area contributed by atoms with E-state index < -0.39 is 0 Å². The minimum absolute atomic E-state index is 0.207. The highest BCUT2D eigenvalue weighted by Gasteiger charge is 2.11. The van der Waals surface area contributed by atoms with Gasteiger partial charge in [0.1, 0.15) is 12.4 Å². The summed E-state index contributed by atoms with van der Waals surface area (Å²) >= 11 is 0. The molecule has 1 heterocycles. The van der Waals surface area contributed by atoms with Crippen LogP contribution in [0.15, 0.2) is 24.4 Å². The van der Waals surface area contributed by atoms with Gasteiger partial charge in [0.15, 0.2) is 0 Å². The van der Waals surface area contributed by atoms with Crippen LogP contribution < -0.4 is 4.90 Å². The van der Waals surface area contributed by atoms with Crippen LogP contribution in [-0.4, -0.2) is 30.6 Å². The van der Waals surface area contributed by atoms with E-state index in [9.17, 15) is 4.79 Å². The van der Waals surface area contributed by atoms with Crippen molar-refractivity contribution in [2.75, 3.05) is 24.6 Å². The molecule has 0 unspecified atom stereocenters. The molecule has 0 radical (unpaired) electrons. The Balaban J connectivity index is 2.64. The van der Waals surface area contributed by atoms with Gasteiger partial charge >= 0.3 is 5.97 Å². The molecule has 4 heteroatoms. The number of hydrogen-bond acceptors (Lipinski definition) is 4. The lowest BCUT2D eigenvalue weighted by Gasteiger charge is -2.21. The van der Waals surface area contributed by atoms with Crippen molar-refractivity contribution in [3.8, 4) is 0 Å². The number of hydrogen-bond donors (Lipinski definition) is 0. The maximum atomic E-state index is 11.4. The van der Waals surface area contributed by atoms with E-state index in [0.29, 0.717) is 6.61 Å². The van der Waals surface area contributed by atoms with E-state index in [-0.39, 0.29) is 12.5 Å². The second-order valence-electron chi connectivity index (χ2n) is 3.41. The first-order chi connectivity index (χ1) is 7.77. The number of pyridine rings is 1. The van der Waals surface area contributed by atoms with E-state index in [1.807, 2.05) is 30.0 Å². The molecular formula is C12H18N2O2. The molecule has 0 aliphatic carbocycles. The van der Waals surface area contributed by atoms with Gasteiger partial charge in [0.05, 0.1) is 6.61 Å². The Morgan fingerprint density at radius 1 is 1.44 bits per heavy atom. The summed E-state index contributed by atoms with van der Waals surface area (Å²) in [4.78, 5) is 17.6. The first-order valence-corrected chi connectivity index (χ1v) is 5.59. The lowest BCUT2D eigenvalue weighted by molar-refractivity contribution is -0.141. The van der Waals surface area contributed by atoms with Crippen LogP contribution in [0.25, 0.3) is 0 Å². The van der Waals surface area contributed by atoms with Crippen LogP contribution in [0, 0.1) is 0 Å². The average molecular weight is 222 g/mol. The first-order valence-electron chi connectivity index (χ1n) is 5.59. The third kappa shape index (κ3) is 3.88. The summed E-state index contributed by atoms with van der Waals surface area (Å²) in [6, 6.07) is 5.67. The molecular weight excluding hydrogens is 204 g/mol. The van der Waals surface area contributed by atoms with Crippen LogP contribution in [-0.2, 0) is 9.53 Å². The summed E-state index contributed by atoms with van der Waals surface area (Å²) in [5.74, 6) is 0.610. The van der Waals surface area contributed by atoms with E-state index >= 15 is 0 Å². The fraction of sp³-hybridized carbons (Fsp3) is 0.500. The molecule has 88 valence electrons. The number of nitrogens with zero attached hydrogens (tertiary/aromatic N) is 2. The standard InChI is InChI=1S/C12H18N2O2/c1-3-9-14(10-12(15)16-4-2)11-7-5-6-8-13-11/h5-8H,3-4,9-10H2,1-2H3. The molecule has 1 rings (SSSR count). The van der Waals surface area contributed by atoms with Gasteiger partial charge in [-0.25, -0.2) is 4.98 Å². The van der Waals surface area contributed by atoms with Gasteiger partial charge in [-0.1, -0.05) is 13.0 Å². The Bertz CT molecular complexity index is 314. The van der Waals surface area contributed by atoms with Crippen LogP contribution in [0.4, 0.5) is 5.82 Å². The van der Waals surface area contributed by atoms with Gasteiger partial charge in [-0.2, -0.15) is 0 Å². The summed E-state index contributed by atoms with van der Waals surface area (Å²) in [7, 11) is 0. The number of esters is 1. The largest absolute Gasteiger partial charge is 0.465 e. The smallest absolute Gasteiger partial charge is 0.325 e. The Kier molecular flexibility index (Phi) is 5.32. The Labute approximate surface area is 96.2 Å². The molecule has 0 fully saturated rings. The Morgan fingerprint density at radius 2 is 2.25 bits per heavy atom. The van der Waals surface area contributed by atoms with Gasteiger partial charge in [0.2, 0.25) is 0 Å². The van der Waals surface area contributed by atoms with Gasteiger partial charge < -0.3 is 9.64 Å². The van der Waals surface area contributed by atoms with Crippen molar-refractivity contribution in [3.63, 3.8) is 0 Å². The lowest BCUT2D eigenvalue weighted by atomic mass is 10.3. The number of anilines is 1. The van der Waals surface area contributed by atoms with E-state index in [0.717, 1.165) is 18.8 Å². The quantitative estimate of drug-likeness (QED) is 0.689. The lowest BCUT2D eigenvalue weighted by Crippen LogP contribution is -2.32. The normalized spacial score (nSPS) is 9.88. The number of ether oxygens (including phenoxy) is 1. The van der Waals surface area contributed by atoms with Gasteiger partial charge in [-0.3, -0.25) is 4.79 Å². The number of carbonyl (C=O) groups excluding carboxylic acids is 1. The molecule has 0 N–H and O–H groups in total. The zero-order valence-electron chi connectivity index (χ0n) is 9.85. The van der Waals surface area contributed by atoms with Gasteiger partial charge in [0.25, 0.3) is 0 Å². The molecule has 0 aromatic carbocycles. The third-order valence-electron chi connectivity index (χ3n) is 2.09. The molecule has 1 aromatic heterocycles. The zero-order valence-corrected chi connectivity index (χ0v) is 9.85.